The molecule has 19 heavy (non-hydrogen) atoms. The molecular weight excluding hydrogens is 238 g/mol. The van der Waals surface area contributed by atoms with Gasteiger partial charge in [-0.3, -0.25) is 4.98 Å². The molecule has 3 heteroatoms. The number of rotatable bonds is 6. The number of aryl methyl sites for hydroxylation is 2. The van der Waals surface area contributed by atoms with Gasteiger partial charge < -0.3 is 9.84 Å². The van der Waals surface area contributed by atoms with Crippen LogP contribution in [0, 0.1) is 6.92 Å². The van der Waals surface area contributed by atoms with Crippen LogP contribution in [0.3, 0.4) is 0 Å². The summed E-state index contributed by atoms with van der Waals surface area (Å²) >= 11 is 0. The average molecular weight is 259 g/mol. The highest BCUT2D eigenvalue weighted by Crippen LogP contribution is 2.28. The number of hydrogen-bond donors (Lipinski definition) is 1. The lowest BCUT2D eigenvalue weighted by atomic mass is 10.0. The van der Waals surface area contributed by atoms with E-state index in [2.05, 4.69) is 24.9 Å². The van der Waals surface area contributed by atoms with Crippen molar-refractivity contribution in [3.8, 4) is 5.75 Å². The number of nitrogens with zero attached hydrogens (tertiary/aromatic N) is 1. The number of benzene rings is 1. The average Bonchev–Trinajstić information content (AvgIpc) is 2.43. The van der Waals surface area contributed by atoms with E-state index in [9.17, 15) is 0 Å². The zero-order chi connectivity index (χ0) is 13.7. The molecular formula is C16H21NO2. The van der Waals surface area contributed by atoms with Gasteiger partial charge in [0.1, 0.15) is 12.4 Å². The fraction of sp³-hybridized carbons (Fsp3) is 0.438. The molecule has 0 aliphatic heterocycles. The fourth-order valence-electron chi connectivity index (χ4n) is 2.21. The normalized spacial score (nSPS) is 10.9. The Kier molecular flexibility index (Phi) is 4.74. The molecule has 1 N–H and O–H groups in total. The molecule has 0 radical (unpaired) electrons. The molecule has 0 bridgehead atoms. The van der Waals surface area contributed by atoms with Gasteiger partial charge >= 0.3 is 0 Å². The largest absolute Gasteiger partial charge is 0.491 e. The zero-order valence-corrected chi connectivity index (χ0v) is 11.6. The van der Waals surface area contributed by atoms with Gasteiger partial charge in [0.2, 0.25) is 0 Å². The molecule has 2 rings (SSSR count). The van der Waals surface area contributed by atoms with Gasteiger partial charge in [-0.15, -0.1) is 0 Å². The second-order valence-electron chi connectivity index (χ2n) is 4.78. The van der Waals surface area contributed by atoms with Gasteiger partial charge in [0.05, 0.1) is 12.1 Å². The number of pyridine rings is 1. The van der Waals surface area contributed by atoms with E-state index >= 15 is 0 Å². The standard InChI is InChI=1S/C16H21NO2/c1-3-4-5-13-10-14-12(2)6-7-17-15(14)11-16(13)19-9-8-18/h6-7,10-11,18H,3-5,8-9H2,1-2H3. The van der Waals surface area contributed by atoms with Gasteiger partial charge in [0, 0.05) is 17.6 Å². The van der Waals surface area contributed by atoms with E-state index in [4.69, 9.17) is 9.84 Å². The molecule has 102 valence electrons. The number of fused-ring (bicyclic) bond motifs is 1. The molecule has 1 aromatic carbocycles. The van der Waals surface area contributed by atoms with Crippen LogP contribution >= 0.6 is 0 Å². The van der Waals surface area contributed by atoms with Crippen molar-refractivity contribution < 1.29 is 9.84 Å². The third-order valence-electron chi connectivity index (χ3n) is 3.29. The summed E-state index contributed by atoms with van der Waals surface area (Å²) in [5.41, 5.74) is 3.39. The zero-order valence-electron chi connectivity index (χ0n) is 11.6. The van der Waals surface area contributed by atoms with E-state index in [1.54, 1.807) is 0 Å². The predicted octanol–water partition coefficient (Wildman–Crippen LogP) is 3.26. The van der Waals surface area contributed by atoms with Crippen LogP contribution < -0.4 is 4.74 Å². The number of aliphatic hydroxyl groups is 1. The van der Waals surface area contributed by atoms with Crippen LogP contribution in [0.5, 0.6) is 5.75 Å². The predicted molar refractivity (Wildman–Crippen MR) is 77.7 cm³/mol. The Bertz CT molecular complexity index is 552. The molecule has 0 amide bonds. The number of aliphatic hydroxyl groups excluding tert-OH is 1. The molecule has 0 fully saturated rings. The molecule has 0 unspecified atom stereocenters. The smallest absolute Gasteiger partial charge is 0.124 e. The van der Waals surface area contributed by atoms with Crippen LogP contribution in [0.15, 0.2) is 24.4 Å². The minimum Gasteiger partial charge on any atom is -0.491 e. The molecule has 0 saturated heterocycles. The van der Waals surface area contributed by atoms with Crippen LogP contribution in [-0.4, -0.2) is 23.3 Å². The van der Waals surface area contributed by atoms with Crippen LogP contribution in [0.1, 0.15) is 30.9 Å². The second kappa shape index (κ2) is 6.53. The quantitative estimate of drug-likeness (QED) is 0.865. The second-order valence-corrected chi connectivity index (χ2v) is 4.78. The van der Waals surface area contributed by atoms with Gasteiger partial charge in [-0.2, -0.15) is 0 Å². The summed E-state index contributed by atoms with van der Waals surface area (Å²) in [5, 5.41) is 10.1. The van der Waals surface area contributed by atoms with Crippen molar-refractivity contribution in [3.63, 3.8) is 0 Å². The number of aromatic nitrogens is 1. The molecule has 2 aromatic rings. The first-order valence-corrected chi connectivity index (χ1v) is 6.88. The van der Waals surface area contributed by atoms with Crippen molar-refractivity contribution in [3.05, 3.63) is 35.5 Å². The maximum Gasteiger partial charge on any atom is 0.124 e. The third-order valence-corrected chi connectivity index (χ3v) is 3.29. The number of ether oxygens (including phenoxy) is 1. The lowest BCUT2D eigenvalue weighted by molar-refractivity contribution is 0.200. The van der Waals surface area contributed by atoms with E-state index in [1.807, 2.05) is 18.3 Å². The van der Waals surface area contributed by atoms with E-state index in [0.29, 0.717) is 6.61 Å². The van der Waals surface area contributed by atoms with Crippen molar-refractivity contribution in [1.29, 1.82) is 0 Å². The van der Waals surface area contributed by atoms with Gasteiger partial charge in [0.25, 0.3) is 0 Å². The van der Waals surface area contributed by atoms with Crippen molar-refractivity contribution in [2.75, 3.05) is 13.2 Å². The summed E-state index contributed by atoms with van der Waals surface area (Å²) in [7, 11) is 0. The number of hydrogen-bond acceptors (Lipinski definition) is 3. The first-order valence-electron chi connectivity index (χ1n) is 6.88. The highest BCUT2D eigenvalue weighted by Gasteiger charge is 2.08. The Labute approximate surface area is 114 Å². The van der Waals surface area contributed by atoms with E-state index in [-0.39, 0.29) is 6.61 Å². The molecule has 1 aromatic heterocycles. The van der Waals surface area contributed by atoms with E-state index < -0.39 is 0 Å². The van der Waals surface area contributed by atoms with Crippen LogP contribution in [-0.2, 0) is 6.42 Å². The maximum atomic E-state index is 8.91. The monoisotopic (exact) mass is 259 g/mol. The Morgan fingerprint density at radius 2 is 2.16 bits per heavy atom. The van der Waals surface area contributed by atoms with Crippen molar-refractivity contribution >= 4 is 10.9 Å². The summed E-state index contributed by atoms with van der Waals surface area (Å²) in [6.45, 7) is 4.65. The van der Waals surface area contributed by atoms with E-state index in [0.717, 1.165) is 30.5 Å². The van der Waals surface area contributed by atoms with Crippen molar-refractivity contribution in [2.24, 2.45) is 0 Å². The first kappa shape index (κ1) is 13.8. The van der Waals surface area contributed by atoms with Crippen LogP contribution in [0.4, 0.5) is 0 Å². The summed E-state index contributed by atoms with van der Waals surface area (Å²) < 4.78 is 5.64. The highest BCUT2D eigenvalue weighted by molar-refractivity contribution is 5.84. The molecule has 3 nitrogen and oxygen atoms in total. The lowest BCUT2D eigenvalue weighted by Gasteiger charge is -2.13. The van der Waals surface area contributed by atoms with Gasteiger partial charge in [-0.05, 0) is 43.0 Å². The van der Waals surface area contributed by atoms with Crippen LogP contribution in [0.2, 0.25) is 0 Å². The van der Waals surface area contributed by atoms with Crippen molar-refractivity contribution in [2.45, 2.75) is 33.1 Å². The summed E-state index contributed by atoms with van der Waals surface area (Å²) in [4.78, 5) is 4.39. The lowest BCUT2D eigenvalue weighted by Crippen LogP contribution is -2.04. The van der Waals surface area contributed by atoms with Gasteiger partial charge in [-0.25, -0.2) is 0 Å². The fourth-order valence-corrected chi connectivity index (χ4v) is 2.21. The summed E-state index contributed by atoms with van der Waals surface area (Å²) in [6.07, 6.45) is 5.12. The molecule has 0 atom stereocenters. The SMILES string of the molecule is CCCCc1cc2c(C)ccnc2cc1OCCO. The van der Waals surface area contributed by atoms with Crippen molar-refractivity contribution in [1.82, 2.24) is 4.98 Å². The van der Waals surface area contributed by atoms with E-state index in [1.165, 1.54) is 16.5 Å². The van der Waals surface area contributed by atoms with Gasteiger partial charge in [0.15, 0.2) is 0 Å². The Morgan fingerprint density at radius 3 is 2.89 bits per heavy atom. The Balaban J connectivity index is 2.43. The maximum absolute atomic E-state index is 8.91. The Hall–Kier alpha value is -1.61. The molecule has 0 aliphatic rings. The molecule has 0 saturated carbocycles. The Morgan fingerprint density at radius 1 is 1.32 bits per heavy atom. The topological polar surface area (TPSA) is 42.4 Å². The van der Waals surface area contributed by atoms with Gasteiger partial charge in [-0.1, -0.05) is 13.3 Å². The first-order chi connectivity index (χ1) is 9.26. The number of unbranched alkanes of at least 4 members (excludes halogenated alkanes) is 1. The highest BCUT2D eigenvalue weighted by atomic mass is 16.5. The minimum absolute atomic E-state index is 0.0342. The summed E-state index contributed by atoms with van der Waals surface area (Å²) in [6, 6.07) is 6.20. The molecule has 0 aliphatic carbocycles. The molecule has 1 heterocycles. The minimum atomic E-state index is 0.0342. The van der Waals surface area contributed by atoms with Crippen LogP contribution in [0.25, 0.3) is 10.9 Å². The summed E-state index contributed by atoms with van der Waals surface area (Å²) in [5.74, 6) is 0.855. The third kappa shape index (κ3) is 3.24. The molecule has 0 spiro atoms.